The first kappa shape index (κ1) is 13.9. The van der Waals surface area contributed by atoms with Crippen LogP contribution in [0, 0.1) is 11.8 Å². The highest BCUT2D eigenvalue weighted by molar-refractivity contribution is 6.30. The molecule has 0 spiro atoms. The molecule has 1 saturated carbocycles. The van der Waals surface area contributed by atoms with Gasteiger partial charge in [0.05, 0.1) is 0 Å². The summed E-state index contributed by atoms with van der Waals surface area (Å²) in [6, 6.07) is 8.41. The van der Waals surface area contributed by atoms with Crippen LogP contribution in [-0.4, -0.2) is 13.1 Å². The molecule has 1 N–H and O–H groups in total. The molecule has 0 aliphatic heterocycles. The first-order valence-corrected chi connectivity index (χ1v) is 7.51. The van der Waals surface area contributed by atoms with Crippen LogP contribution in [0.5, 0.6) is 0 Å². The summed E-state index contributed by atoms with van der Waals surface area (Å²) < 4.78 is 0. The maximum Gasteiger partial charge on any atom is 0.0408 e. The molecule has 1 aliphatic rings. The molecule has 1 unspecified atom stereocenters. The van der Waals surface area contributed by atoms with Gasteiger partial charge in [-0.25, -0.2) is 0 Å². The second-order valence-corrected chi connectivity index (χ2v) is 6.34. The van der Waals surface area contributed by atoms with E-state index < -0.39 is 0 Å². The van der Waals surface area contributed by atoms with Crippen LogP contribution in [0.3, 0.4) is 0 Å². The van der Waals surface area contributed by atoms with E-state index in [1.165, 1.54) is 24.8 Å². The lowest BCUT2D eigenvalue weighted by molar-refractivity contribution is 0.253. The number of rotatable bonds is 6. The first-order chi connectivity index (χ1) is 8.66. The van der Waals surface area contributed by atoms with Gasteiger partial charge in [-0.1, -0.05) is 44.0 Å². The minimum atomic E-state index is 0.635. The van der Waals surface area contributed by atoms with Crippen molar-refractivity contribution in [2.75, 3.05) is 13.1 Å². The van der Waals surface area contributed by atoms with Gasteiger partial charge in [-0.3, -0.25) is 0 Å². The van der Waals surface area contributed by atoms with Crippen molar-refractivity contribution in [3.63, 3.8) is 0 Å². The molecule has 1 aliphatic carbocycles. The van der Waals surface area contributed by atoms with E-state index in [-0.39, 0.29) is 0 Å². The summed E-state index contributed by atoms with van der Waals surface area (Å²) >= 11 is 6.12. The number of nitrogens with one attached hydrogen (secondary N) is 1. The molecule has 1 atom stereocenters. The van der Waals surface area contributed by atoms with Crippen molar-refractivity contribution >= 4 is 11.6 Å². The number of hydrogen-bond acceptors (Lipinski definition) is 1. The van der Waals surface area contributed by atoms with Crippen LogP contribution in [0.2, 0.25) is 5.02 Å². The van der Waals surface area contributed by atoms with Crippen LogP contribution in [0.25, 0.3) is 0 Å². The quantitative estimate of drug-likeness (QED) is 0.800. The molecule has 1 aromatic carbocycles. The fraction of sp³-hybridized carbons (Fsp3) is 0.625. The molecule has 18 heavy (non-hydrogen) atoms. The van der Waals surface area contributed by atoms with Crippen LogP contribution < -0.4 is 5.32 Å². The SMILES string of the molecule is CC(C)CNCC(c1cccc(Cl)c1)C1CCC1. The Morgan fingerprint density at radius 2 is 2.06 bits per heavy atom. The third-order valence-corrected chi connectivity index (χ3v) is 4.15. The van der Waals surface area contributed by atoms with Gasteiger partial charge >= 0.3 is 0 Å². The van der Waals surface area contributed by atoms with Crippen molar-refractivity contribution in [2.45, 2.75) is 39.0 Å². The van der Waals surface area contributed by atoms with Crippen molar-refractivity contribution in [3.8, 4) is 0 Å². The summed E-state index contributed by atoms with van der Waals surface area (Å²) in [6.07, 6.45) is 4.15. The molecule has 2 rings (SSSR count). The highest BCUT2D eigenvalue weighted by Crippen LogP contribution is 2.39. The topological polar surface area (TPSA) is 12.0 Å². The average Bonchev–Trinajstić information content (AvgIpc) is 2.24. The summed E-state index contributed by atoms with van der Waals surface area (Å²) in [5.41, 5.74) is 1.41. The van der Waals surface area contributed by atoms with E-state index in [2.05, 4.69) is 37.4 Å². The third-order valence-electron chi connectivity index (χ3n) is 3.91. The first-order valence-electron chi connectivity index (χ1n) is 7.13. The number of benzene rings is 1. The molecular weight excluding hydrogens is 242 g/mol. The summed E-state index contributed by atoms with van der Waals surface area (Å²) in [5.74, 6) is 2.20. The smallest absolute Gasteiger partial charge is 0.0408 e. The fourth-order valence-corrected chi connectivity index (χ4v) is 2.86. The monoisotopic (exact) mass is 265 g/mol. The Hall–Kier alpha value is -0.530. The lowest BCUT2D eigenvalue weighted by atomic mass is 9.73. The van der Waals surface area contributed by atoms with Crippen molar-refractivity contribution in [3.05, 3.63) is 34.9 Å². The van der Waals surface area contributed by atoms with Gasteiger partial charge in [0.2, 0.25) is 0 Å². The normalized spacial score (nSPS) is 17.8. The predicted octanol–water partition coefficient (Wildman–Crippen LogP) is 4.47. The van der Waals surface area contributed by atoms with Gasteiger partial charge in [0.1, 0.15) is 0 Å². The Labute approximate surface area is 116 Å². The van der Waals surface area contributed by atoms with Crippen LogP contribution >= 0.6 is 11.6 Å². The molecule has 2 heteroatoms. The summed E-state index contributed by atoms with van der Waals surface area (Å²) in [5, 5.41) is 4.47. The molecular formula is C16H24ClN. The van der Waals surface area contributed by atoms with Crippen LogP contribution in [0.4, 0.5) is 0 Å². The van der Waals surface area contributed by atoms with Gasteiger partial charge in [0.15, 0.2) is 0 Å². The van der Waals surface area contributed by atoms with E-state index in [0.717, 1.165) is 24.0 Å². The van der Waals surface area contributed by atoms with E-state index >= 15 is 0 Å². The molecule has 1 fully saturated rings. The van der Waals surface area contributed by atoms with Gasteiger partial charge in [0.25, 0.3) is 0 Å². The Morgan fingerprint density at radius 3 is 2.61 bits per heavy atom. The second-order valence-electron chi connectivity index (χ2n) is 5.90. The zero-order chi connectivity index (χ0) is 13.0. The molecule has 1 aromatic rings. The van der Waals surface area contributed by atoms with Crippen molar-refractivity contribution in [2.24, 2.45) is 11.8 Å². The highest BCUT2D eigenvalue weighted by atomic mass is 35.5. The molecule has 0 aromatic heterocycles. The maximum absolute atomic E-state index is 6.12. The Balaban J connectivity index is 2.00. The van der Waals surface area contributed by atoms with Crippen LogP contribution in [0.15, 0.2) is 24.3 Å². The summed E-state index contributed by atoms with van der Waals surface area (Å²) in [4.78, 5) is 0. The minimum absolute atomic E-state index is 0.635. The highest BCUT2D eigenvalue weighted by Gasteiger charge is 2.28. The fourth-order valence-electron chi connectivity index (χ4n) is 2.66. The Bertz CT molecular complexity index is 371. The Morgan fingerprint density at radius 1 is 1.28 bits per heavy atom. The second kappa shape index (κ2) is 6.58. The lowest BCUT2D eigenvalue weighted by Gasteiger charge is -2.34. The van der Waals surface area contributed by atoms with Crippen molar-refractivity contribution in [1.82, 2.24) is 5.32 Å². The predicted molar refractivity (Wildman–Crippen MR) is 79.2 cm³/mol. The largest absolute Gasteiger partial charge is 0.316 e. The molecule has 0 heterocycles. The molecule has 0 amide bonds. The van der Waals surface area contributed by atoms with E-state index in [0.29, 0.717) is 11.8 Å². The summed E-state index contributed by atoms with van der Waals surface area (Å²) in [7, 11) is 0. The average molecular weight is 266 g/mol. The number of halogens is 1. The van der Waals surface area contributed by atoms with Gasteiger partial charge < -0.3 is 5.32 Å². The van der Waals surface area contributed by atoms with Gasteiger partial charge in [0, 0.05) is 11.6 Å². The lowest BCUT2D eigenvalue weighted by Crippen LogP contribution is -2.32. The zero-order valence-corrected chi connectivity index (χ0v) is 12.2. The van der Waals surface area contributed by atoms with Crippen LogP contribution in [0.1, 0.15) is 44.6 Å². The standard InChI is InChI=1S/C16H24ClN/c1-12(2)10-18-11-16(13-5-3-6-13)14-7-4-8-15(17)9-14/h4,7-9,12-13,16,18H,3,5-6,10-11H2,1-2H3. The molecule has 100 valence electrons. The number of hydrogen-bond donors (Lipinski definition) is 1. The van der Waals surface area contributed by atoms with Crippen LogP contribution in [-0.2, 0) is 0 Å². The molecule has 0 radical (unpaired) electrons. The van der Waals surface area contributed by atoms with E-state index in [1.807, 2.05) is 6.07 Å². The summed E-state index contributed by atoms with van der Waals surface area (Å²) in [6.45, 7) is 6.70. The zero-order valence-electron chi connectivity index (χ0n) is 11.5. The molecule has 1 nitrogen and oxygen atoms in total. The third kappa shape index (κ3) is 3.73. The van der Waals surface area contributed by atoms with Crippen molar-refractivity contribution in [1.29, 1.82) is 0 Å². The maximum atomic E-state index is 6.12. The van der Waals surface area contributed by atoms with Gasteiger partial charge in [-0.05, 0) is 54.8 Å². The van der Waals surface area contributed by atoms with E-state index in [9.17, 15) is 0 Å². The van der Waals surface area contributed by atoms with Gasteiger partial charge in [-0.15, -0.1) is 0 Å². The Kier molecular flexibility index (Phi) is 5.08. The van der Waals surface area contributed by atoms with Gasteiger partial charge in [-0.2, -0.15) is 0 Å². The van der Waals surface area contributed by atoms with Crippen molar-refractivity contribution < 1.29 is 0 Å². The molecule has 0 saturated heterocycles. The van der Waals surface area contributed by atoms with E-state index in [1.54, 1.807) is 0 Å². The minimum Gasteiger partial charge on any atom is -0.316 e. The molecule has 0 bridgehead atoms. The van der Waals surface area contributed by atoms with E-state index in [4.69, 9.17) is 11.6 Å².